The Morgan fingerprint density at radius 1 is 1.10 bits per heavy atom. The van der Waals surface area contributed by atoms with Crippen molar-refractivity contribution >= 4 is 50.3 Å². The molecule has 7 nitrogen and oxygen atoms in total. The van der Waals surface area contributed by atoms with Gasteiger partial charge in [-0.15, -0.1) is 0 Å². The number of fused-ring (bicyclic) bond motifs is 1. The van der Waals surface area contributed by atoms with Gasteiger partial charge in [0.2, 0.25) is 0 Å². The minimum Gasteiger partial charge on any atom is -0.369 e. The number of nitrogens with one attached hydrogen (secondary N) is 2. The van der Waals surface area contributed by atoms with E-state index in [1.807, 2.05) is 18.2 Å². The van der Waals surface area contributed by atoms with Gasteiger partial charge in [-0.1, -0.05) is 57.9 Å². The number of nitrogens with zero attached hydrogens (tertiary/aromatic N) is 4. The Balaban J connectivity index is 1.37. The van der Waals surface area contributed by atoms with E-state index in [0.29, 0.717) is 29.3 Å². The average molecular weight is 500 g/mol. The molecule has 2 heterocycles. The third-order valence-corrected chi connectivity index (χ3v) is 5.59. The zero-order valence-corrected chi connectivity index (χ0v) is 18.9. The van der Waals surface area contributed by atoms with Crippen molar-refractivity contribution < 1.29 is 4.79 Å². The molecule has 0 saturated heterocycles. The number of carbonyl (C=O) groups excluding carboxylic acids is 1. The molecular weight excluding hydrogens is 480 g/mol. The predicted octanol–water partition coefficient (Wildman–Crippen LogP) is 4.33. The molecule has 0 bridgehead atoms. The molecule has 2 N–H and O–H groups in total. The minimum absolute atomic E-state index is 0.236. The van der Waals surface area contributed by atoms with Crippen LogP contribution in [0.1, 0.15) is 15.9 Å². The number of rotatable bonds is 8. The standard InChI is InChI=1S/C22H20BrClN6O/c23-16-6-7-19(24)17(12-16)22(31)26-10-11-30-21-18(13-29-30)20(27-14-28-21)25-9-8-15-4-2-1-3-5-15/h1-7,12-14H,8-11H2,(H,26,31)(H,25,27,28). The molecule has 0 unspecified atom stereocenters. The van der Waals surface area contributed by atoms with Gasteiger partial charge in [0.25, 0.3) is 5.91 Å². The number of amides is 1. The summed E-state index contributed by atoms with van der Waals surface area (Å²) in [5, 5.41) is 11.9. The van der Waals surface area contributed by atoms with E-state index in [1.54, 1.807) is 29.1 Å². The van der Waals surface area contributed by atoms with Crippen LogP contribution in [0.3, 0.4) is 0 Å². The van der Waals surface area contributed by atoms with E-state index in [-0.39, 0.29) is 5.91 Å². The molecule has 2 aromatic heterocycles. The molecule has 0 aliphatic carbocycles. The second kappa shape index (κ2) is 9.89. The number of hydrogen-bond donors (Lipinski definition) is 2. The molecule has 1 amide bonds. The maximum absolute atomic E-state index is 12.4. The van der Waals surface area contributed by atoms with Crippen molar-refractivity contribution in [1.82, 2.24) is 25.1 Å². The fourth-order valence-electron chi connectivity index (χ4n) is 3.21. The Labute approximate surface area is 193 Å². The van der Waals surface area contributed by atoms with Gasteiger partial charge in [0, 0.05) is 17.6 Å². The van der Waals surface area contributed by atoms with E-state index >= 15 is 0 Å². The molecule has 2 aromatic carbocycles. The molecule has 0 fully saturated rings. The summed E-state index contributed by atoms with van der Waals surface area (Å²) in [5.41, 5.74) is 2.40. The number of aromatic nitrogens is 4. The molecule has 9 heteroatoms. The Bertz CT molecular complexity index is 1200. The van der Waals surface area contributed by atoms with E-state index < -0.39 is 0 Å². The smallest absolute Gasteiger partial charge is 0.252 e. The number of carbonyl (C=O) groups is 1. The number of benzene rings is 2. The van der Waals surface area contributed by atoms with E-state index in [2.05, 4.69) is 53.8 Å². The molecule has 4 aromatic rings. The minimum atomic E-state index is -0.236. The van der Waals surface area contributed by atoms with Crippen LogP contribution in [0.25, 0.3) is 11.0 Å². The highest BCUT2D eigenvalue weighted by atomic mass is 79.9. The third kappa shape index (κ3) is 5.21. The summed E-state index contributed by atoms with van der Waals surface area (Å²) in [6.45, 7) is 1.62. The monoisotopic (exact) mass is 498 g/mol. The SMILES string of the molecule is O=C(NCCn1ncc2c(NCCc3ccccc3)ncnc21)c1cc(Br)ccc1Cl. The third-order valence-electron chi connectivity index (χ3n) is 4.76. The van der Waals surface area contributed by atoms with E-state index in [0.717, 1.165) is 28.6 Å². The highest BCUT2D eigenvalue weighted by Gasteiger charge is 2.12. The van der Waals surface area contributed by atoms with Gasteiger partial charge >= 0.3 is 0 Å². The van der Waals surface area contributed by atoms with Gasteiger partial charge in [-0.05, 0) is 30.2 Å². The number of hydrogen-bond acceptors (Lipinski definition) is 5. The summed E-state index contributed by atoms with van der Waals surface area (Å²) in [6, 6.07) is 15.5. The van der Waals surface area contributed by atoms with Crippen LogP contribution in [0.5, 0.6) is 0 Å². The summed E-state index contributed by atoms with van der Waals surface area (Å²) in [4.78, 5) is 21.1. The van der Waals surface area contributed by atoms with Crippen LogP contribution >= 0.6 is 27.5 Å². The lowest BCUT2D eigenvalue weighted by Gasteiger charge is -2.09. The summed E-state index contributed by atoms with van der Waals surface area (Å²) >= 11 is 9.48. The maximum Gasteiger partial charge on any atom is 0.252 e. The lowest BCUT2D eigenvalue weighted by molar-refractivity contribution is 0.0952. The van der Waals surface area contributed by atoms with Crippen molar-refractivity contribution in [3.63, 3.8) is 0 Å². The van der Waals surface area contributed by atoms with Crippen molar-refractivity contribution in [2.75, 3.05) is 18.4 Å². The second-order valence-corrected chi connectivity index (χ2v) is 8.19. The second-order valence-electron chi connectivity index (χ2n) is 6.87. The summed E-state index contributed by atoms with van der Waals surface area (Å²) < 4.78 is 2.55. The summed E-state index contributed by atoms with van der Waals surface area (Å²) in [7, 11) is 0. The van der Waals surface area contributed by atoms with Crippen molar-refractivity contribution in [2.45, 2.75) is 13.0 Å². The van der Waals surface area contributed by atoms with E-state index in [4.69, 9.17) is 11.6 Å². The fourth-order valence-corrected chi connectivity index (χ4v) is 3.77. The first-order valence-electron chi connectivity index (χ1n) is 9.79. The van der Waals surface area contributed by atoms with Crippen LogP contribution in [-0.2, 0) is 13.0 Å². The lowest BCUT2D eigenvalue weighted by atomic mass is 10.1. The van der Waals surface area contributed by atoms with Gasteiger partial charge in [-0.3, -0.25) is 4.79 Å². The molecule has 0 spiro atoms. The van der Waals surface area contributed by atoms with Crippen LogP contribution in [0.15, 0.2) is 65.5 Å². The fraction of sp³-hybridized carbons (Fsp3) is 0.182. The molecule has 0 aliphatic heterocycles. The maximum atomic E-state index is 12.4. The van der Waals surface area contributed by atoms with Gasteiger partial charge in [0.1, 0.15) is 12.1 Å². The normalized spacial score (nSPS) is 10.9. The molecule has 158 valence electrons. The van der Waals surface area contributed by atoms with Crippen molar-refractivity contribution in [2.24, 2.45) is 0 Å². The molecule has 0 aliphatic rings. The first-order chi connectivity index (χ1) is 15.1. The zero-order valence-electron chi connectivity index (χ0n) is 16.6. The van der Waals surface area contributed by atoms with Crippen molar-refractivity contribution in [3.8, 4) is 0 Å². The van der Waals surface area contributed by atoms with Crippen LogP contribution in [0.4, 0.5) is 5.82 Å². The molecule has 4 rings (SSSR count). The predicted molar refractivity (Wildman–Crippen MR) is 125 cm³/mol. The molecule has 0 saturated carbocycles. The van der Waals surface area contributed by atoms with Crippen molar-refractivity contribution in [1.29, 1.82) is 0 Å². The topological polar surface area (TPSA) is 84.7 Å². The van der Waals surface area contributed by atoms with Gasteiger partial charge in [0.05, 0.1) is 28.7 Å². The van der Waals surface area contributed by atoms with Crippen molar-refractivity contribution in [3.05, 3.63) is 81.7 Å². The summed E-state index contributed by atoms with van der Waals surface area (Å²) in [5.74, 6) is 0.512. The highest BCUT2D eigenvalue weighted by Crippen LogP contribution is 2.21. The van der Waals surface area contributed by atoms with E-state index in [1.165, 1.54) is 11.9 Å². The highest BCUT2D eigenvalue weighted by molar-refractivity contribution is 9.10. The Hall–Kier alpha value is -2.97. The number of halogens is 2. The van der Waals surface area contributed by atoms with Gasteiger partial charge in [-0.2, -0.15) is 5.10 Å². The van der Waals surface area contributed by atoms with Gasteiger partial charge in [0.15, 0.2) is 5.65 Å². The largest absolute Gasteiger partial charge is 0.369 e. The summed E-state index contributed by atoms with van der Waals surface area (Å²) in [6.07, 6.45) is 4.16. The zero-order chi connectivity index (χ0) is 21.6. The lowest BCUT2D eigenvalue weighted by Crippen LogP contribution is -2.27. The van der Waals surface area contributed by atoms with Crippen LogP contribution in [0, 0.1) is 0 Å². The van der Waals surface area contributed by atoms with Crippen LogP contribution < -0.4 is 10.6 Å². The first kappa shape index (κ1) is 21.3. The van der Waals surface area contributed by atoms with Crippen LogP contribution in [-0.4, -0.2) is 38.7 Å². The number of anilines is 1. The molecule has 0 radical (unpaired) electrons. The van der Waals surface area contributed by atoms with Gasteiger partial charge in [-0.25, -0.2) is 14.6 Å². The van der Waals surface area contributed by atoms with Gasteiger partial charge < -0.3 is 10.6 Å². The average Bonchev–Trinajstić information content (AvgIpc) is 3.20. The quantitative estimate of drug-likeness (QED) is 0.377. The Morgan fingerprint density at radius 2 is 1.94 bits per heavy atom. The first-order valence-corrected chi connectivity index (χ1v) is 11.0. The molecular formula is C22H20BrClN6O. The van der Waals surface area contributed by atoms with Crippen LogP contribution in [0.2, 0.25) is 5.02 Å². The molecule has 0 atom stereocenters. The van der Waals surface area contributed by atoms with E-state index in [9.17, 15) is 4.79 Å². The Kier molecular flexibility index (Phi) is 6.79. The molecule has 31 heavy (non-hydrogen) atoms. The Morgan fingerprint density at radius 3 is 2.77 bits per heavy atom.